The number of nitrogens with zero attached hydrogens (tertiary/aromatic N) is 3. The van der Waals surface area contributed by atoms with Crippen LogP contribution in [0.5, 0.6) is 0 Å². The molecule has 3 aromatic heterocycles. The molecule has 11 rings (SSSR count). The van der Waals surface area contributed by atoms with E-state index in [-0.39, 0.29) is 0 Å². The molecule has 5 nitrogen and oxygen atoms in total. The first kappa shape index (κ1) is 28.9. The number of benzene rings is 7. The Morgan fingerprint density at radius 2 is 1.08 bits per heavy atom. The maximum atomic E-state index is 6.59. The smallest absolute Gasteiger partial charge is 0.164 e. The van der Waals surface area contributed by atoms with Gasteiger partial charge in [0.1, 0.15) is 22.5 Å². The lowest BCUT2D eigenvalue weighted by atomic mass is 9.91. The maximum Gasteiger partial charge on any atom is 0.164 e. The highest BCUT2D eigenvalue weighted by Gasteiger charge is 2.23. The Hall–Kier alpha value is -6.85. The van der Waals surface area contributed by atoms with Crippen molar-refractivity contribution in [1.29, 1.82) is 0 Å². The van der Waals surface area contributed by atoms with Crippen molar-refractivity contribution in [3.63, 3.8) is 0 Å². The Labute approximate surface area is 298 Å². The maximum absolute atomic E-state index is 6.59. The van der Waals surface area contributed by atoms with Gasteiger partial charge >= 0.3 is 0 Å². The van der Waals surface area contributed by atoms with E-state index in [1.807, 2.05) is 48.5 Å². The molecule has 0 atom stereocenters. The van der Waals surface area contributed by atoms with Crippen LogP contribution in [0.15, 0.2) is 154 Å². The summed E-state index contributed by atoms with van der Waals surface area (Å²) >= 11 is 0. The molecule has 1 aliphatic carbocycles. The van der Waals surface area contributed by atoms with Crippen molar-refractivity contribution in [1.82, 2.24) is 15.0 Å². The van der Waals surface area contributed by atoms with Gasteiger partial charge in [-0.25, -0.2) is 15.0 Å². The number of furan rings is 2. The van der Waals surface area contributed by atoms with Gasteiger partial charge in [0.05, 0.1) is 0 Å². The molecule has 0 saturated carbocycles. The van der Waals surface area contributed by atoms with Crippen LogP contribution in [0.2, 0.25) is 0 Å². The monoisotopic (exact) mass is 667 g/mol. The average Bonchev–Trinajstić information content (AvgIpc) is 3.80. The van der Waals surface area contributed by atoms with Crippen molar-refractivity contribution in [3.8, 4) is 45.3 Å². The van der Waals surface area contributed by atoms with Gasteiger partial charge in [0.25, 0.3) is 0 Å². The van der Waals surface area contributed by atoms with E-state index in [0.29, 0.717) is 17.5 Å². The van der Waals surface area contributed by atoms with E-state index < -0.39 is 0 Å². The van der Waals surface area contributed by atoms with E-state index in [4.69, 9.17) is 23.8 Å². The zero-order valence-corrected chi connectivity index (χ0v) is 28.0. The van der Waals surface area contributed by atoms with Crippen LogP contribution in [0.3, 0.4) is 0 Å². The number of allylic oxidation sites excluding steroid dienone is 1. The number of rotatable bonds is 4. The molecular weight excluding hydrogens is 639 g/mol. The first-order chi connectivity index (χ1) is 25.8. The zero-order valence-electron chi connectivity index (χ0n) is 28.0. The van der Waals surface area contributed by atoms with Gasteiger partial charge in [-0.05, 0) is 75.9 Å². The lowest BCUT2D eigenvalue weighted by molar-refractivity contribution is 0.595. The van der Waals surface area contributed by atoms with E-state index in [9.17, 15) is 0 Å². The lowest BCUT2D eigenvalue weighted by Crippen LogP contribution is -2.00. The van der Waals surface area contributed by atoms with Crippen molar-refractivity contribution in [2.24, 2.45) is 0 Å². The fourth-order valence-electron chi connectivity index (χ4n) is 8.03. The second kappa shape index (κ2) is 11.3. The van der Waals surface area contributed by atoms with Gasteiger partial charge in [-0.1, -0.05) is 121 Å². The number of hydrogen-bond acceptors (Lipinski definition) is 5. The van der Waals surface area contributed by atoms with E-state index in [2.05, 4.69) is 103 Å². The molecule has 0 aliphatic heterocycles. The molecule has 0 fully saturated rings. The van der Waals surface area contributed by atoms with Crippen LogP contribution >= 0.6 is 0 Å². The minimum absolute atomic E-state index is 0.592. The third-order valence-electron chi connectivity index (χ3n) is 10.4. The molecule has 0 N–H and O–H groups in total. The summed E-state index contributed by atoms with van der Waals surface area (Å²) in [6.07, 6.45) is 6.24. The fourth-order valence-corrected chi connectivity index (χ4v) is 8.03. The van der Waals surface area contributed by atoms with Crippen molar-refractivity contribution in [2.45, 2.75) is 12.8 Å². The van der Waals surface area contributed by atoms with Crippen LogP contribution in [0.4, 0.5) is 0 Å². The average molecular weight is 668 g/mol. The summed E-state index contributed by atoms with van der Waals surface area (Å²) in [7, 11) is 0. The van der Waals surface area contributed by atoms with Crippen molar-refractivity contribution < 1.29 is 8.83 Å². The number of aryl methyl sites for hydroxylation is 1. The van der Waals surface area contributed by atoms with Gasteiger partial charge < -0.3 is 8.83 Å². The minimum Gasteiger partial charge on any atom is -0.456 e. The molecule has 0 bridgehead atoms. The van der Waals surface area contributed by atoms with Gasteiger partial charge in [0.2, 0.25) is 0 Å². The predicted octanol–water partition coefficient (Wildman–Crippen LogP) is 12.5. The Balaban J connectivity index is 1.16. The molecule has 0 spiro atoms. The summed E-state index contributed by atoms with van der Waals surface area (Å²) in [5.74, 6) is 2.78. The van der Waals surface area contributed by atoms with E-state index >= 15 is 0 Å². The molecule has 52 heavy (non-hydrogen) atoms. The van der Waals surface area contributed by atoms with Crippen LogP contribution in [-0.2, 0) is 6.42 Å². The Morgan fingerprint density at radius 3 is 1.90 bits per heavy atom. The first-order valence-corrected chi connectivity index (χ1v) is 17.7. The van der Waals surface area contributed by atoms with E-state index in [1.165, 1.54) is 27.1 Å². The highest BCUT2D eigenvalue weighted by molar-refractivity contribution is 6.19. The largest absolute Gasteiger partial charge is 0.456 e. The van der Waals surface area contributed by atoms with Crippen LogP contribution in [-0.4, -0.2) is 15.0 Å². The highest BCUT2D eigenvalue weighted by atomic mass is 16.3. The summed E-state index contributed by atoms with van der Waals surface area (Å²) in [4.78, 5) is 15.4. The number of hydrogen-bond donors (Lipinski definition) is 0. The van der Waals surface area contributed by atoms with Crippen molar-refractivity contribution in [3.05, 3.63) is 157 Å². The quantitative estimate of drug-likeness (QED) is 0.175. The number of fused-ring (bicyclic) bond motifs is 9. The van der Waals surface area contributed by atoms with Gasteiger partial charge in [-0.15, -0.1) is 0 Å². The molecule has 1 aliphatic rings. The summed E-state index contributed by atoms with van der Waals surface area (Å²) in [5, 5.41) is 7.96. The Morgan fingerprint density at radius 1 is 0.442 bits per heavy atom. The van der Waals surface area contributed by atoms with Crippen LogP contribution in [0, 0.1) is 0 Å². The van der Waals surface area contributed by atoms with Gasteiger partial charge in [-0.2, -0.15) is 0 Å². The minimum atomic E-state index is 0.592. The molecule has 10 aromatic rings. The standard InChI is InChI=1S/C47H29N3O2/c1-2-12-29(13-3-1)45-48-46(31-25-26-33-30(27-31)24-23-28-11-4-5-14-32(28)33)50-47(49-45)37-18-10-22-41-44(37)43-35(17-9-21-40(43)52-41)34-16-8-20-39-42(34)36-15-6-7-19-38(36)51-39/h1-5,7-14,16-27H,6,15H2. The second-order valence-electron chi connectivity index (χ2n) is 13.4. The third kappa shape index (κ3) is 4.46. The van der Waals surface area contributed by atoms with Crippen LogP contribution < -0.4 is 0 Å². The highest BCUT2D eigenvalue weighted by Crippen LogP contribution is 2.45. The molecule has 5 heteroatoms. The normalized spacial score (nSPS) is 12.8. The molecule has 244 valence electrons. The number of aromatic nitrogens is 3. The second-order valence-corrected chi connectivity index (χ2v) is 13.4. The molecule has 0 radical (unpaired) electrons. The Bertz CT molecular complexity index is 3080. The molecule has 0 unspecified atom stereocenters. The van der Waals surface area contributed by atoms with Crippen LogP contribution in [0.25, 0.3) is 106 Å². The molecule has 3 heterocycles. The predicted molar refractivity (Wildman–Crippen MR) is 211 cm³/mol. The molecular formula is C47H29N3O2. The molecule has 0 amide bonds. The topological polar surface area (TPSA) is 65.0 Å². The fraction of sp³-hybridized carbons (Fsp3) is 0.0426. The van der Waals surface area contributed by atoms with Crippen molar-refractivity contribution in [2.75, 3.05) is 0 Å². The van der Waals surface area contributed by atoms with E-state index in [1.54, 1.807) is 0 Å². The summed E-state index contributed by atoms with van der Waals surface area (Å²) in [6, 6.07) is 48.3. The molecule has 0 saturated heterocycles. The summed E-state index contributed by atoms with van der Waals surface area (Å²) in [6.45, 7) is 0. The first-order valence-electron chi connectivity index (χ1n) is 17.7. The summed E-state index contributed by atoms with van der Waals surface area (Å²) < 4.78 is 12.9. The van der Waals surface area contributed by atoms with E-state index in [0.717, 1.165) is 79.3 Å². The van der Waals surface area contributed by atoms with Gasteiger partial charge in [-0.3, -0.25) is 0 Å². The Kier molecular flexibility index (Phi) is 6.31. The lowest BCUT2D eigenvalue weighted by Gasteiger charge is -2.11. The summed E-state index contributed by atoms with van der Waals surface area (Å²) in [5.41, 5.74) is 8.72. The molecule has 7 aromatic carbocycles. The van der Waals surface area contributed by atoms with Gasteiger partial charge in [0, 0.05) is 38.4 Å². The van der Waals surface area contributed by atoms with Crippen molar-refractivity contribution >= 4 is 60.5 Å². The van der Waals surface area contributed by atoms with Gasteiger partial charge in [0.15, 0.2) is 17.5 Å². The van der Waals surface area contributed by atoms with Crippen LogP contribution in [0.1, 0.15) is 17.7 Å². The SMILES string of the molecule is C1=Cc2oc3cccc(-c4cccc5oc6cccc(-c7nc(-c8ccccc8)nc(-c8ccc9c(ccc%10ccccc%109)c8)n7)c6c45)c3c2CC1. The zero-order chi connectivity index (χ0) is 34.2. The third-order valence-corrected chi connectivity index (χ3v) is 10.4.